The molecule has 3 nitrogen and oxygen atoms in total. The zero-order chi connectivity index (χ0) is 12.7. The van der Waals surface area contributed by atoms with E-state index in [0.717, 1.165) is 24.3 Å². The molecule has 0 saturated heterocycles. The highest BCUT2D eigenvalue weighted by molar-refractivity contribution is 5.93. The van der Waals surface area contributed by atoms with Crippen LogP contribution in [0.5, 0.6) is 5.75 Å². The number of hydrogen-bond donors (Lipinski definition) is 1. The predicted molar refractivity (Wildman–Crippen MR) is 70.3 cm³/mol. The fraction of sp³-hybridized carbons (Fsp3) is 0.500. The van der Waals surface area contributed by atoms with E-state index in [4.69, 9.17) is 4.74 Å². The first-order valence-corrected chi connectivity index (χ1v) is 6.21. The SMILES string of the molecule is CCC[C@@H](C)C(=O)Nc1ccccc1OCC. The Hall–Kier alpha value is -1.51. The number of amides is 1. The predicted octanol–water partition coefficient (Wildman–Crippen LogP) is 3.46. The molecule has 17 heavy (non-hydrogen) atoms. The highest BCUT2D eigenvalue weighted by Gasteiger charge is 2.13. The van der Waals surface area contributed by atoms with Crippen LogP contribution < -0.4 is 10.1 Å². The number of benzene rings is 1. The number of para-hydroxylation sites is 2. The average Bonchev–Trinajstić information content (AvgIpc) is 2.32. The molecule has 1 amide bonds. The van der Waals surface area contributed by atoms with E-state index in [-0.39, 0.29) is 11.8 Å². The molecule has 3 heteroatoms. The molecule has 0 fully saturated rings. The molecular weight excluding hydrogens is 214 g/mol. The molecule has 0 saturated carbocycles. The van der Waals surface area contributed by atoms with Crippen molar-refractivity contribution in [2.75, 3.05) is 11.9 Å². The minimum absolute atomic E-state index is 0.0367. The Balaban J connectivity index is 2.70. The molecule has 0 aliphatic heterocycles. The van der Waals surface area contributed by atoms with Gasteiger partial charge in [-0.1, -0.05) is 32.4 Å². The van der Waals surface area contributed by atoms with Crippen molar-refractivity contribution in [3.05, 3.63) is 24.3 Å². The maximum atomic E-state index is 11.9. The zero-order valence-corrected chi connectivity index (χ0v) is 10.8. The summed E-state index contributed by atoms with van der Waals surface area (Å²) >= 11 is 0. The Morgan fingerprint density at radius 1 is 1.35 bits per heavy atom. The number of carbonyl (C=O) groups excluding carboxylic acids is 1. The Morgan fingerprint density at radius 3 is 2.71 bits per heavy atom. The van der Waals surface area contributed by atoms with Gasteiger partial charge in [-0.2, -0.15) is 0 Å². The fourth-order valence-corrected chi connectivity index (χ4v) is 1.67. The summed E-state index contributed by atoms with van der Waals surface area (Å²) in [4.78, 5) is 11.9. The summed E-state index contributed by atoms with van der Waals surface area (Å²) < 4.78 is 5.46. The number of hydrogen-bond acceptors (Lipinski definition) is 2. The second-order valence-electron chi connectivity index (χ2n) is 4.11. The van der Waals surface area contributed by atoms with Crippen molar-refractivity contribution in [3.63, 3.8) is 0 Å². The van der Waals surface area contributed by atoms with Gasteiger partial charge in [0.25, 0.3) is 0 Å². The molecule has 0 heterocycles. The van der Waals surface area contributed by atoms with Crippen molar-refractivity contribution >= 4 is 11.6 Å². The van der Waals surface area contributed by atoms with E-state index in [1.54, 1.807) is 0 Å². The van der Waals surface area contributed by atoms with Gasteiger partial charge in [0, 0.05) is 5.92 Å². The van der Waals surface area contributed by atoms with Gasteiger partial charge in [0.2, 0.25) is 5.91 Å². The normalized spacial score (nSPS) is 11.9. The van der Waals surface area contributed by atoms with Crippen LogP contribution >= 0.6 is 0 Å². The third-order valence-electron chi connectivity index (χ3n) is 2.61. The molecule has 94 valence electrons. The van der Waals surface area contributed by atoms with Crippen LogP contribution in [-0.4, -0.2) is 12.5 Å². The number of ether oxygens (including phenoxy) is 1. The van der Waals surface area contributed by atoms with Crippen molar-refractivity contribution in [2.45, 2.75) is 33.6 Å². The standard InChI is InChI=1S/C14H21NO2/c1-4-8-11(3)14(16)15-12-9-6-7-10-13(12)17-5-2/h6-7,9-11H,4-5,8H2,1-3H3,(H,15,16)/t11-/m1/s1. The summed E-state index contributed by atoms with van der Waals surface area (Å²) in [5.41, 5.74) is 0.752. The molecule has 0 spiro atoms. The van der Waals surface area contributed by atoms with E-state index in [9.17, 15) is 4.79 Å². The lowest BCUT2D eigenvalue weighted by Gasteiger charge is -2.14. The van der Waals surface area contributed by atoms with Crippen LogP contribution in [0, 0.1) is 5.92 Å². The lowest BCUT2D eigenvalue weighted by atomic mass is 10.1. The van der Waals surface area contributed by atoms with E-state index in [1.807, 2.05) is 38.1 Å². The molecule has 0 aliphatic carbocycles. The first-order chi connectivity index (χ1) is 8.19. The van der Waals surface area contributed by atoms with Crippen molar-refractivity contribution in [1.29, 1.82) is 0 Å². The minimum Gasteiger partial charge on any atom is -0.492 e. The van der Waals surface area contributed by atoms with Gasteiger partial charge in [-0.25, -0.2) is 0 Å². The molecule has 0 aromatic heterocycles. The van der Waals surface area contributed by atoms with Crippen LogP contribution in [0.4, 0.5) is 5.69 Å². The number of anilines is 1. The average molecular weight is 235 g/mol. The molecule has 1 rings (SSSR count). The van der Waals surface area contributed by atoms with Gasteiger partial charge >= 0.3 is 0 Å². The van der Waals surface area contributed by atoms with Gasteiger partial charge in [0.1, 0.15) is 5.75 Å². The first-order valence-electron chi connectivity index (χ1n) is 6.21. The highest BCUT2D eigenvalue weighted by Crippen LogP contribution is 2.24. The van der Waals surface area contributed by atoms with Crippen molar-refractivity contribution < 1.29 is 9.53 Å². The van der Waals surface area contributed by atoms with Crippen LogP contribution in [-0.2, 0) is 4.79 Å². The van der Waals surface area contributed by atoms with Crippen molar-refractivity contribution in [1.82, 2.24) is 0 Å². The lowest BCUT2D eigenvalue weighted by molar-refractivity contribution is -0.119. The second-order valence-corrected chi connectivity index (χ2v) is 4.11. The van der Waals surface area contributed by atoms with E-state index in [1.165, 1.54) is 0 Å². The molecule has 1 N–H and O–H groups in total. The van der Waals surface area contributed by atoms with Crippen molar-refractivity contribution in [2.24, 2.45) is 5.92 Å². The van der Waals surface area contributed by atoms with E-state index >= 15 is 0 Å². The van der Waals surface area contributed by atoms with E-state index < -0.39 is 0 Å². The Morgan fingerprint density at radius 2 is 2.06 bits per heavy atom. The molecule has 0 unspecified atom stereocenters. The Bertz CT molecular complexity index is 363. The second kappa shape index (κ2) is 6.94. The lowest BCUT2D eigenvalue weighted by Crippen LogP contribution is -2.20. The fourth-order valence-electron chi connectivity index (χ4n) is 1.67. The molecule has 1 atom stereocenters. The number of nitrogens with one attached hydrogen (secondary N) is 1. The summed E-state index contributed by atoms with van der Waals surface area (Å²) in [7, 11) is 0. The Labute approximate surface area is 103 Å². The van der Waals surface area contributed by atoms with Crippen LogP contribution in [0.2, 0.25) is 0 Å². The largest absolute Gasteiger partial charge is 0.492 e. The topological polar surface area (TPSA) is 38.3 Å². The molecule has 1 aromatic carbocycles. The molecule has 0 radical (unpaired) electrons. The van der Waals surface area contributed by atoms with Gasteiger partial charge in [0.15, 0.2) is 0 Å². The third-order valence-corrected chi connectivity index (χ3v) is 2.61. The summed E-state index contributed by atoms with van der Waals surface area (Å²) in [5.74, 6) is 0.820. The van der Waals surface area contributed by atoms with Gasteiger partial charge in [-0.15, -0.1) is 0 Å². The monoisotopic (exact) mass is 235 g/mol. The van der Waals surface area contributed by atoms with Crippen LogP contribution in [0.1, 0.15) is 33.6 Å². The van der Waals surface area contributed by atoms with Crippen molar-refractivity contribution in [3.8, 4) is 5.75 Å². The number of carbonyl (C=O) groups is 1. The summed E-state index contributed by atoms with van der Waals surface area (Å²) in [6.45, 7) is 6.55. The Kier molecular flexibility index (Phi) is 5.53. The molecular formula is C14H21NO2. The summed E-state index contributed by atoms with van der Waals surface area (Å²) in [5, 5.41) is 2.92. The van der Waals surface area contributed by atoms with Gasteiger partial charge in [0.05, 0.1) is 12.3 Å². The summed E-state index contributed by atoms with van der Waals surface area (Å²) in [6.07, 6.45) is 1.92. The van der Waals surface area contributed by atoms with Gasteiger partial charge in [-0.3, -0.25) is 4.79 Å². The van der Waals surface area contributed by atoms with Crippen LogP contribution in [0.15, 0.2) is 24.3 Å². The maximum Gasteiger partial charge on any atom is 0.227 e. The smallest absolute Gasteiger partial charge is 0.227 e. The molecule has 1 aromatic rings. The van der Waals surface area contributed by atoms with Gasteiger partial charge in [-0.05, 0) is 25.5 Å². The number of rotatable bonds is 6. The van der Waals surface area contributed by atoms with E-state index in [0.29, 0.717) is 6.61 Å². The highest BCUT2D eigenvalue weighted by atomic mass is 16.5. The first kappa shape index (κ1) is 13.6. The molecule has 0 bridgehead atoms. The third kappa shape index (κ3) is 4.10. The quantitative estimate of drug-likeness (QED) is 0.820. The minimum atomic E-state index is 0.0367. The van der Waals surface area contributed by atoms with E-state index in [2.05, 4.69) is 12.2 Å². The van der Waals surface area contributed by atoms with Crippen LogP contribution in [0.25, 0.3) is 0 Å². The van der Waals surface area contributed by atoms with Crippen LogP contribution in [0.3, 0.4) is 0 Å². The zero-order valence-electron chi connectivity index (χ0n) is 10.8. The van der Waals surface area contributed by atoms with Gasteiger partial charge < -0.3 is 10.1 Å². The maximum absolute atomic E-state index is 11.9. The molecule has 0 aliphatic rings. The summed E-state index contributed by atoms with van der Waals surface area (Å²) in [6, 6.07) is 7.52.